The second-order valence-electron chi connectivity index (χ2n) is 4.48. The summed E-state index contributed by atoms with van der Waals surface area (Å²) in [5.41, 5.74) is 1.08. The van der Waals surface area contributed by atoms with Crippen molar-refractivity contribution in [3.05, 3.63) is 35.1 Å². The molecule has 1 fully saturated rings. The van der Waals surface area contributed by atoms with Crippen LogP contribution >= 0.6 is 0 Å². The van der Waals surface area contributed by atoms with E-state index in [1.54, 1.807) is 6.07 Å². The Bertz CT molecular complexity index is 445. The van der Waals surface area contributed by atoms with Crippen LogP contribution < -0.4 is 0 Å². The number of rotatable bonds is 3. The number of benzene rings is 1. The Morgan fingerprint density at radius 1 is 1.50 bits per heavy atom. The molecule has 1 unspecified atom stereocenters. The minimum absolute atomic E-state index is 0.109. The number of ether oxygens (including phenoxy) is 2. The van der Waals surface area contributed by atoms with Crippen LogP contribution in [0.2, 0.25) is 0 Å². The Hall–Kier alpha value is -1.42. The number of methoxy groups -OCH3 is 1. The number of carbonyl (C=O) groups is 1. The monoisotopic (exact) mass is 252 g/mol. The fourth-order valence-corrected chi connectivity index (χ4v) is 2.49. The van der Waals surface area contributed by atoms with Crippen molar-refractivity contribution < 1.29 is 18.7 Å². The third-order valence-corrected chi connectivity index (χ3v) is 3.38. The normalized spacial score (nSPS) is 23.1. The highest BCUT2D eigenvalue weighted by Gasteiger charge is 2.29. The van der Waals surface area contributed by atoms with E-state index in [2.05, 4.69) is 4.74 Å². The lowest BCUT2D eigenvalue weighted by atomic mass is 9.90. The van der Waals surface area contributed by atoms with E-state index in [0.717, 1.165) is 18.4 Å². The molecule has 0 bridgehead atoms. The van der Waals surface area contributed by atoms with Crippen molar-refractivity contribution >= 4 is 5.97 Å². The van der Waals surface area contributed by atoms with Crippen LogP contribution in [0.3, 0.4) is 0 Å². The largest absolute Gasteiger partial charge is 0.465 e. The standard InChI is InChI=1S/C14H17FO3/c1-3-13-12(4-5-18-13)9-6-10(14(16)17-2)8-11(15)7-9/h6-8,12-13H,3-5H2,1-2H3/t12-,13?/m0/s1. The van der Waals surface area contributed by atoms with Crippen molar-refractivity contribution in [1.29, 1.82) is 0 Å². The zero-order valence-corrected chi connectivity index (χ0v) is 10.6. The lowest BCUT2D eigenvalue weighted by Gasteiger charge is -2.17. The minimum atomic E-state index is -0.511. The van der Waals surface area contributed by atoms with E-state index in [4.69, 9.17) is 4.74 Å². The molecule has 1 saturated heterocycles. The van der Waals surface area contributed by atoms with Gasteiger partial charge in [0.05, 0.1) is 18.8 Å². The molecule has 18 heavy (non-hydrogen) atoms. The molecule has 0 radical (unpaired) electrons. The zero-order valence-electron chi connectivity index (χ0n) is 10.6. The van der Waals surface area contributed by atoms with Gasteiger partial charge in [-0.2, -0.15) is 0 Å². The van der Waals surface area contributed by atoms with Gasteiger partial charge in [0.2, 0.25) is 0 Å². The van der Waals surface area contributed by atoms with Crippen LogP contribution in [0.25, 0.3) is 0 Å². The lowest BCUT2D eigenvalue weighted by Crippen LogP contribution is -2.14. The fraction of sp³-hybridized carbons (Fsp3) is 0.500. The summed E-state index contributed by atoms with van der Waals surface area (Å²) in [5.74, 6) is -0.758. The van der Waals surface area contributed by atoms with Gasteiger partial charge in [0.1, 0.15) is 5.82 Å². The summed E-state index contributed by atoms with van der Waals surface area (Å²) < 4.78 is 23.8. The SMILES string of the molecule is CCC1OCC[C@H]1c1cc(F)cc(C(=O)OC)c1. The molecule has 1 aromatic rings. The fourth-order valence-electron chi connectivity index (χ4n) is 2.49. The number of esters is 1. The quantitative estimate of drug-likeness (QED) is 0.776. The van der Waals surface area contributed by atoms with Gasteiger partial charge >= 0.3 is 5.97 Å². The summed E-state index contributed by atoms with van der Waals surface area (Å²) in [6, 6.07) is 4.39. The maximum atomic E-state index is 13.6. The predicted octanol–water partition coefficient (Wildman–Crippen LogP) is 2.89. The predicted molar refractivity (Wildman–Crippen MR) is 65.1 cm³/mol. The van der Waals surface area contributed by atoms with Crippen LogP contribution in [0.1, 0.15) is 41.6 Å². The lowest BCUT2D eigenvalue weighted by molar-refractivity contribution is 0.0599. The highest BCUT2D eigenvalue weighted by Crippen LogP contribution is 2.33. The molecular weight excluding hydrogens is 235 g/mol. The molecule has 0 N–H and O–H groups in total. The number of carbonyl (C=O) groups excluding carboxylic acids is 1. The van der Waals surface area contributed by atoms with Gasteiger partial charge in [-0.25, -0.2) is 9.18 Å². The molecule has 1 aliphatic rings. The molecule has 0 amide bonds. The summed E-state index contributed by atoms with van der Waals surface area (Å²) in [6.45, 7) is 2.73. The summed E-state index contributed by atoms with van der Waals surface area (Å²) in [4.78, 5) is 11.5. The number of halogens is 1. The van der Waals surface area contributed by atoms with E-state index in [0.29, 0.717) is 6.61 Å². The first kappa shape index (κ1) is 13.0. The van der Waals surface area contributed by atoms with Gasteiger partial charge in [-0.15, -0.1) is 0 Å². The molecule has 4 heteroatoms. The first-order valence-electron chi connectivity index (χ1n) is 6.16. The van der Waals surface area contributed by atoms with Crippen LogP contribution in [-0.4, -0.2) is 25.8 Å². The van der Waals surface area contributed by atoms with Crippen molar-refractivity contribution in [2.45, 2.75) is 31.8 Å². The summed E-state index contributed by atoms with van der Waals surface area (Å²) in [7, 11) is 1.29. The molecule has 1 aromatic carbocycles. The molecule has 98 valence electrons. The third kappa shape index (κ3) is 2.53. The van der Waals surface area contributed by atoms with E-state index in [1.165, 1.54) is 19.2 Å². The molecular formula is C14H17FO3. The molecule has 2 rings (SSSR count). The maximum absolute atomic E-state index is 13.6. The van der Waals surface area contributed by atoms with Gasteiger partial charge in [0.25, 0.3) is 0 Å². The first-order valence-corrected chi connectivity index (χ1v) is 6.16. The second-order valence-corrected chi connectivity index (χ2v) is 4.48. The smallest absolute Gasteiger partial charge is 0.337 e. The van der Waals surface area contributed by atoms with Gasteiger partial charge in [0, 0.05) is 12.5 Å². The van der Waals surface area contributed by atoms with Crippen molar-refractivity contribution in [3.63, 3.8) is 0 Å². The van der Waals surface area contributed by atoms with Gasteiger partial charge in [0.15, 0.2) is 0 Å². The molecule has 3 nitrogen and oxygen atoms in total. The van der Waals surface area contributed by atoms with Crippen LogP contribution in [0, 0.1) is 5.82 Å². The maximum Gasteiger partial charge on any atom is 0.337 e. The van der Waals surface area contributed by atoms with E-state index in [1.807, 2.05) is 6.92 Å². The first-order chi connectivity index (χ1) is 8.65. The highest BCUT2D eigenvalue weighted by atomic mass is 19.1. The minimum Gasteiger partial charge on any atom is -0.465 e. The van der Waals surface area contributed by atoms with Gasteiger partial charge in [-0.05, 0) is 36.6 Å². The average Bonchev–Trinajstić information content (AvgIpc) is 2.85. The van der Waals surface area contributed by atoms with Crippen molar-refractivity contribution in [1.82, 2.24) is 0 Å². The number of hydrogen-bond donors (Lipinski definition) is 0. The summed E-state index contributed by atoms with van der Waals surface area (Å²) in [5, 5.41) is 0. The van der Waals surface area contributed by atoms with E-state index < -0.39 is 11.8 Å². The van der Waals surface area contributed by atoms with Crippen molar-refractivity contribution in [2.75, 3.05) is 13.7 Å². The van der Waals surface area contributed by atoms with Crippen LogP contribution in [0.4, 0.5) is 4.39 Å². The highest BCUT2D eigenvalue weighted by molar-refractivity contribution is 5.89. The average molecular weight is 252 g/mol. The van der Waals surface area contributed by atoms with Crippen LogP contribution in [0.15, 0.2) is 18.2 Å². The van der Waals surface area contributed by atoms with Crippen LogP contribution in [0.5, 0.6) is 0 Å². The summed E-state index contributed by atoms with van der Waals surface area (Å²) >= 11 is 0. The van der Waals surface area contributed by atoms with Crippen molar-refractivity contribution in [3.8, 4) is 0 Å². The van der Waals surface area contributed by atoms with E-state index >= 15 is 0 Å². The molecule has 0 aliphatic carbocycles. The molecule has 1 heterocycles. The second kappa shape index (κ2) is 5.48. The summed E-state index contributed by atoms with van der Waals surface area (Å²) in [6.07, 6.45) is 1.86. The molecule has 0 spiro atoms. The Balaban J connectivity index is 2.33. The molecule has 0 aromatic heterocycles. The topological polar surface area (TPSA) is 35.5 Å². The Morgan fingerprint density at radius 2 is 2.28 bits per heavy atom. The number of hydrogen-bond acceptors (Lipinski definition) is 3. The van der Waals surface area contributed by atoms with Gasteiger partial charge in [-0.1, -0.05) is 6.92 Å². The van der Waals surface area contributed by atoms with Crippen LogP contribution in [-0.2, 0) is 9.47 Å². The molecule has 0 saturated carbocycles. The van der Waals surface area contributed by atoms with Crippen molar-refractivity contribution in [2.24, 2.45) is 0 Å². The Morgan fingerprint density at radius 3 is 2.94 bits per heavy atom. The third-order valence-electron chi connectivity index (χ3n) is 3.38. The molecule has 1 aliphatic heterocycles. The Kier molecular flexibility index (Phi) is 3.97. The zero-order chi connectivity index (χ0) is 13.1. The van der Waals surface area contributed by atoms with Gasteiger partial charge < -0.3 is 9.47 Å². The van der Waals surface area contributed by atoms with E-state index in [9.17, 15) is 9.18 Å². The Labute approximate surface area is 106 Å². The molecule has 2 atom stereocenters. The van der Waals surface area contributed by atoms with Gasteiger partial charge in [-0.3, -0.25) is 0 Å². The van der Waals surface area contributed by atoms with E-state index in [-0.39, 0.29) is 17.6 Å².